The Bertz CT molecular complexity index is 568. The topological polar surface area (TPSA) is 86.7 Å². The zero-order valence-electron chi connectivity index (χ0n) is 10.6. The van der Waals surface area contributed by atoms with E-state index in [1.807, 2.05) is 0 Å². The van der Waals surface area contributed by atoms with Crippen molar-refractivity contribution < 1.29 is 19.5 Å². The first-order valence-corrected chi connectivity index (χ1v) is 5.84. The summed E-state index contributed by atoms with van der Waals surface area (Å²) in [5, 5.41) is 11.9. The Hall–Kier alpha value is -2.37. The van der Waals surface area contributed by atoms with Gasteiger partial charge in [0.15, 0.2) is 0 Å². The molecule has 0 aliphatic carbocycles. The fraction of sp³-hybridized carbons (Fsp3) is 0.308. The number of nitrogens with one attached hydrogen (secondary N) is 1. The number of imide groups is 1. The smallest absolute Gasteiger partial charge is 0.258 e. The summed E-state index contributed by atoms with van der Waals surface area (Å²) in [4.78, 5) is 36.2. The summed E-state index contributed by atoms with van der Waals surface area (Å²) in [5.41, 5.74) is 0.898. The van der Waals surface area contributed by atoms with Gasteiger partial charge in [-0.1, -0.05) is 6.07 Å². The zero-order valence-corrected chi connectivity index (χ0v) is 10.6. The van der Waals surface area contributed by atoms with E-state index in [9.17, 15) is 19.5 Å². The van der Waals surface area contributed by atoms with Crippen LogP contribution in [0.1, 0.15) is 22.8 Å². The molecule has 1 fully saturated rings. The first kappa shape index (κ1) is 13.1. The van der Waals surface area contributed by atoms with Crippen molar-refractivity contribution in [2.75, 3.05) is 6.54 Å². The second-order valence-corrected chi connectivity index (χ2v) is 4.54. The summed E-state index contributed by atoms with van der Waals surface area (Å²) < 4.78 is 0. The molecule has 1 atom stereocenters. The van der Waals surface area contributed by atoms with Crippen LogP contribution in [0.25, 0.3) is 0 Å². The van der Waals surface area contributed by atoms with Gasteiger partial charge >= 0.3 is 0 Å². The van der Waals surface area contributed by atoms with Crippen LogP contribution in [-0.4, -0.2) is 40.3 Å². The molecule has 1 saturated heterocycles. The number of nitrogens with zero attached hydrogens (tertiary/aromatic N) is 1. The number of rotatable bonds is 1. The van der Waals surface area contributed by atoms with E-state index in [-0.39, 0.29) is 17.9 Å². The van der Waals surface area contributed by atoms with Gasteiger partial charge in [0.25, 0.3) is 5.91 Å². The van der Waals surface area contributed by atoms with Crippen LogP contribution in [0.5, 0.6) is 5.75 Å². The lowest BCUT2D eigenvalue weighted by molar-refractivity contribution is -0.138. The Morgan fingerprint density at radius 3 is 2.74 bits per heavy atom. The van der Waals surface area contributed by atoms with Gasteiger partial charge in [0.1, 0.15) is 18.3 Å². The predicted octanol–water partition coefficient (Wildman–Crippen LogP) is 0.188. The molecule has 1 aromatic carbocycles. The van der Waals surface area contributed by atoms with Crippen molar-refractivity contribution in [2.24, 2.45) is 0 Å². The first-order chi connectivity index (χ1) is 8.90. The van der Waals surface area contributed by atoms with Crippen LogP contribution in [0.3, 0.4) is 0 Å². The molecular weight excluding hydrogens is 248 g/mol. The van der Waals surface area contributed by atoms with Gasteiger partial charge in [-0.2, -0.15) is 0 Å². The molecule has 0 radical (unpaired) electrons. The van der Waals surface area contributed by atoms with Crippen LogP contribution in [-0.2, 0) is 9.59 Å². The number of benzene rings is 1. The van der Waals surface area contributed by atoms with E-state index < -0.39 is 23.8 Å². The van der Waals surface area contributed by atoms with Crippen molar-refractivity contribution in [3.8, 4) is 5.75 Å². The van der Waals surface area contributed by atoms with E-state index in [0.29, 0.717) is 0 Å². The summed E-state index contributed by atoms with van der Waals surface area (Å²) in [7, 11) is 0. The molecule has 6 nitrogen and oxygen atoms in total. The van der Waals surface area contributed by atoms with Crippen LogP contribution < -0.4 is 5.32 Å². The maximum absolute atomic E-state index is 12.3. The van der Waals surface area contributed by atoms with Crippen LogP contribution in [0.4, 0.5) is 0 Å². The lowest BCUT2D eigenvalue weighted by atomic mass is 10.1. The van der Waals surface area contributed by atoms with E-state index in [0.717, 1.165) is 10.5 Å². The van der Waals surface area contributed by atoms with Crippen LogP contribution in [0, 0.1) is 6.92 Å². The second kappa shape index (κ2) is 4.72. The van der Waals surface area contributed by atoms with Gasteiger partial charge in [-0.25, -0.2) is 0 Å². The molecule has 0 aromatic heterocycles. The highest BCUT2D eigenvalue weighted by atomic mass is 16.3. The number of aryl methyl sites for hydroxylation is 1. The number of hydrogen-bond donors (Lipinski definition) is 2. The van der Waals surface area contributed by atoms with Gasteiger partial charge in [-0.15, -0.1) is 0 Å². The van der Waals surface area contributed by atoms with E-state index in [1.165, 1.54) is 19.1 Å². The molecule has 1 aliphatic rings. The van der Waals surface area contributed by atoms with Gasteiger partial charge in [0.05, 0.1) is 5.56 Å². The molecule has 6 heteroatoms. The standard InChI is InChI=1S/C13H14N2O4/c1-7-3-4-9(10(16)5-7)13(19)15-6-11(17)14-12(18)8(15)2/h3-5,8,16H,6H2,1-2H3,(H,14,17,18). The number of carbonyl (C=O) groups excluding carboxylic acids is 3. The highest BCUT2D eigenvalue weighted by Gasteiger charge is 2.34. The zero-order chi connectivity index (χ0) is 14.2. The number of hydrogen-bond acceptors (Lipinski definition) is 4. The molecule has 2 rings (SSSR count). The minimum absolute atomic E-state index is 0.0833. The fourth-order valence-electron chi connectivity index (χ4n) is 1.94. The number of phenolic OH excluding ortho intramolecular Hbond substituents is 1. The summed E-state index contributed by atoms with van der Waals surface area (Å²) in [6.45, 7) is 3.12. The molecule has 0 bridgehead atoms. The lowest BCUT2D eigenvalue weighted by Crippen LogP contribution is -2.58. The van der Waals surface area contributed by atoms with Crippen molar-refractivity contribution in [3.63, 3.8) is 0 Å². The largest absolute Gasteiger partial charge is 0.507 e. The number of piperazine rings is 1. The maximum Gasteiger partial charge on any atom is 0.258 e. The van der Waals surface area contributed by atoms with Gasteiger partial charge in [-0.05, 0) is 31.5 Å². The third kappa shape index (κ3) is 2.42. The van der Waals surface area contributed by atoms with Gasteiger partial charge in [0.2, 0.25) is 11.8 Å². The molecule has 1 aromatic rings. The molecule has 1 unspecified atom stereocenters. The maximum atomic E-state index is 12.3. The lowest BCUT2D eigenvalue weighted by Gasteiger charge is -2.31. The predicted molar refractivity (Wildman–Crippen MR) is 66.5 cm³/mol. The number of amides is 3. The molecule has 19 heavy (non-hydrogen) atoms. The van der Waals surface area contributed by atoms with Crippen molar-refractivity contribution in [2.45, 2.75) is 19.9 Å². The third-order valence-electron chi connectivity index (χ3n) is 3.07. The van der Waals surface area contributed by atoms with Crippen LogP contribution in [0.15, 0.2) is 18.2 Å². The first-order valence-electron chi connectivity index (χ1n) is 5.84. The Kier molecular flexibility index (Phi) is 3.25. The molecule has 0 spiro atoms. The molecule has 2 N–H and O–H groups in total. The summed E-state index contributed by atoms with van der Waals surface area (Å²) in [5.74, 6) is -1.73. The van der Waals surface area contributed by atoms with Crippen molar-refractivity contribution in [1.82, 2.24) is 10.2 Å². The summed E-state index contributed by atoms with van der Waals surface area (Å²) in [6, 6.07) is 3.88. The highest BCUT2D eigenvalue weighted by molar-refractivity contribution is 6.07. The van der Waals surface area contributed by atoms with E-state index in [4.69, 9.17) is 0 Å². The minimum Gasteiger partial charge on any atom is -0.507 e. The van der Waals surface area contributed by atoms with E-state index in [2.05, 4.69) is 5.32 Å². The second-order valence-electron chi connectivity index (χ2n) is 4.54. The van der Waals surface area contributed by atoms with Gasteiger partial charge < -0.3 is 10.0 Å². The highest BCUT2D eigenvalue weighted by Crippen LogP contribution is 2.21. The van der Waals surface area contributed by atoms with Crippen molar-refractivity contribution >= 4 is 17.7 Å². The Balaban J connectivity index is 2.32. The normalized spacial score (nSPS) is 19.3. The van der Waals surface area contributed by atoms with Crippen molar-refractivity contribution in [1.29, 1.82) is 0 Å². The Labute approximate surface area is 110 Å². The van der Waals surface area contributed by atoms with E-state index >= 15 is 0 Å². The monoisotopic (exact) mass is 262 g/mol. The minimum atomic E-state index is -0.745. The average Bonchev–Trinajstić information content (AvgIpc) is 2.33. The molecule has 3 amide bonds. The Morgan fingerprint density at radius 2 is 2.11 bits per heavy atom. The molecule has 1 heterocycles. The summed E-state index contributed by atoms with van der Waals surface area (Å²) >= 11 is 0. The van der Waals surface area contributed by atoms with Crippen LogP contribution in [0.2, 0.25) is 0 Å². The van der Waals surface area contributed by atoms with Gasteiger partial charge in [0, 0.05) is 0 Å². The molecule has 100 valence electrons. The molecular formula is C13H14N2O4. The molecule has 1 aliphatic heterocycles. The number of phenols is 1. The third-order valence-corrected chi connectivity index (χ3v) is 3.07. The fourth-order valence-corrected chi connectivity index (χ4v) is 1.94. The van der Waals surface area contributed by atoms with Crippen LogP contribution >= 0.6 is 0 Å². The summed E-state index contributed by atoms with van der Waals surface area (Å²) in [6.07, 6.45) is 0. The average molecular weight is 262 g/mol. The number of carbonyl (C=O) groups is 3. The van der Waals surface area contributed by atoms with Gasteiger partial charge in [-0.3, -0.25) is 19.7 Å². The molecule has 0 saturated carbocycles. The SMILES string of the molecule is Cc1ccc(C(=O)N2CC(=O)NC(=O)C2C)c(O)c1. The quantitative estimate of drug-likeness (QED) is 0.707. The number of aromatic hydroxyl groups is 1. The van der Waals surface area contributed by atoms with Crippen molar-refractivity contribution in [3.05, 3.63) is 29.3 Å². The Morgan fingerprint density at radius 1 is 1.42 bits per heavy atom. The van der Waals surface area contributed by atoms with E-state index in [1.54, 1.807) is 13.0 Å².